The molecule has 0 aliphatic rings. The van der Waals surface area contributed by atoms with E-state index in [4.69, 9.17) is 15.3 Å². The first-order valence-electron chi connectivity index (χ1n) is 9.44. The van der Waals surface area contributed by atoms with Crippen LogP contribution in [0.1, 0.15) is 97.3 Å². The Labute approximate surface area is 147 Å². The lowest BCUT2D eigenvalue weighted by atomic mass is 10.0. The molecule has 0 bridgehead atoms. The molecule has 5 nitrogen and oxygen atoms in total. The van der Waals surface area contributed by atoms with Crippen LogP contribution in [0.3, 0.4) is 0 Å². The largest absolute Gasteiger partial charge is 0.481 e. The van der Waals surface area contributed by atoms with E-state index in [1.165, 1.54) is 51.4 Å². The number of aliphatic carboxylic acids is 2. The summed E-state index contributed by atoms with van der Waals surface area (Å²) in [5, 5.41) is 24.9. The third-order valence-electron chi connectivity index (χ3n) is 3.72. The van der Waals surface area contributed by atoms with E-state index in [0.717, 1.165) is 12.3 Å². The van der Waals surface area contributed by atoms with Gasteiger partial charge in [-0.1, -0.05) is 65.2 Å². The summed E-state index contributed by atoms with van der Waals surface area (Å²) in [5.41, 5.74) is 0. The number of carboxylic acid groups (broad SMARTS) is 2. The van der Waals surface area contributed by atoms with Crippen LogP contribution in [-0.2, 0) is 9.59 Å². The van der Waals surface area contributed by atoms with Crippen molar-refractivity contribution in [3.8, 4) is 0 Å². The van der Waals surface area contributed by atoms with Gasteiger partial charge in [-0.25, -0.2) is 0 Å². The van der Waals surface area contributed by atoms with E-state index in [1.54, 1.807) is 0 Å². The van der Waals surface area contributed by atoms with Crippen molar-refractivity contribution >= 4 is 11.9 Å². The highest BCUT2D eigenvalue weighted by atomic mass is 16.4. The molecule has 0 aromatic carbocycles. The molecule has 0 unspecified atom stereocenters. The minimum atomic E-state index is -0.870. The van der Waals surface area contributed by atoms with Crippen molar-refractivity contribution in [1.82, 2.24) is 0 Å². The number of unbranched alkanes of at least 4 members (excludes halogenated alkanes) is 8. The molecule has 0 saturated carbocycles. The highest BCUT2D eigenvalue weighted by Gasteiger charge is 1.99. The summed E-state index contributed by atoms with van der Waals surface area (Å²) in [5.74, 6) is -0.865. The zero-order chi connectivity index (χ0) is 18.6. The Kier molecular flexibility index (Phi) is 20.9. The first-order chi connectivity index (χ1) is 11.4. The van der Waals surface area contributed by atoms with E-state index in [1.807, 2.05) is 0 Å². The van der Waals surface area contributed by atoms with Crippen molar-refractivity contribution in [2.45, 2.75) is 97.3 Å². The molecular formula is C19H38O5. The van der Waals surface area contributed by atoms with Gasteiger partial charge >= 0.3 is 11.9 Å². The molecular weight excluding hydrogens is 308 g/mol. The molecule has 0 aliphatic heterocycles. The Morgan fingerprint density at radius 2 is 1.04 bits per heavy atom. The van der Waals surface area contributed by atoms with Crippen LogP contribution in [0, 0.1) is 5.92 Å². The summed E-state index contributed by atoms with van der Waals surface area (Å²) in [7, 11) is 0. The Morgan fingerprint density at radius 1 is 0.667 bits per heavy atom. The van der Waals surface area contributed by atoms with E-state index in [9.17, 15) is 9.59 Å². The van der Waals surface area contributed by atoms with Crippen molar-refractivity contribution in [1.29, 1.82) is 0 Å². The maximum Gasteiger partial charge on any atom is 0.303 e. The highest BCUT2D eigenvalue weighted by Crippen LogP contribution is 2.12. The van der Waals surface area contributed by atoms with E-state index in [-0.39, 0.29) is 12.8 Å². The van der Waals surface area contributed by atoms with E-state index < -0.39 is 11.9 Å². The predicted octanol–water partition coefficient (Wildman–Crippen LogP) is 4.86. The summed E-state index contributed by atoms with van der Waals surface area (Å²) in [4.78, 5) is 19.8. The molecule has 0 aromatic heterocycles. The van der Waals surface area contributed by atoms with Crippen LogP contribution >= 0.6 is 0 Å². The van der Waals surface area contributed by atoms with Gasteiger partial charge in [0.25, 0.3) is 0 Å². The van der Waals surface area contributed by atoms with Gasteiger partial charge in [-0.15, -0.1) is 0 Å². The fraction of sp³-hybridized carbons (Fsp3) is 0.895. The highest BCUT2D eigenvalue weighted by molar-refractivity contribution is 5.67. The molecule has 0 atom stereocenters. The molecule has 3 N–H and O–H groups in total. The summed E-state index contributed by atoms with van der Waals surface area (Å²) in [6.07, 6.45) is 12.9. The van der Waals surface area contributed by atoms with Crippen LogP contribution in [0.4, 0.5) is 0 Å². The second-order valence-electron chi connectivity index (χ2n) is 6.73. The van der Waals surface area contributed by atoms with Gasteiger partial charge in [0.2, 0.25) is 0 Å². The molecule has 0 heterocycles. The Balaban J connectivity index is 0. The number of aliphatic hydroxyl groups is 1. The van der Waals surface area contributed by atoms with Gasteiger partial charge in [-0.3, -0.25) is 9.59 Å². The second kappa shape index (κ2) is 19.9. The second-order valence-corrected chi connectivity index (χ2v) is 6.73. The smallest absolute Gasteiger partial charge is 0.303 e. The molecule has 144 valence electrons. The van der Waals surface area contributed by atoms with Gasteiger partial charge in [0.15, 0.2) is 0 Å². The normalized spacial score (nSPS) is 10.3. The maximum absolute atomic E-state index is 9.90. The van der Waals surface area contributed by atoms with E-state index in [2.05, 4.69) is 13.8 Å². The third kappa shape index (κ3) is 29.0. The molecule has 0 saturated heterocycles. The van der Waals surface area contributed by atoms with Crippen LogP contribution in [0.2, 0.25) is 0 Å². The zero-order valence-electron chi connectivity index (χ0n) is 15.6. The van der Waals surface area contributed by atoms with Crippen LogP contribution < -0.4 is 0 Å². The summed E-state index contributed by atoms with van der Waals surface area (Å²) < 4.78 is 0. The van der Waals surface area contributed by atoms with Crippen LogP contribution in [0.5, 0.6) is 0 Å². The summed E-state index contributed by atoms with van der Waals surface area (Å²) >= 11 is 0. The van der Waals surface area contributed by atoms with E-state index in [0.29, 0.717) is 19.4 Å². The van der Waals surface area contributed by atoms with Gasteiger partial charge in [0.1, 0.15) is 0 Å². The summed E-state index contributed by atoms with van der Waals surface area (Å²) in [6, 6.07) is 0. The Bertz CT molecular complexity index is 273. The Morgan fingerprint density at radius 3 is 1.38 bits per heavy atom. The first-order valence-corrected chi connectivity index (χ1v) is 9.44. The van der Waals surface area contributed by atoms with Crippen molar-refractivity contribution < 1.29 is 24.9 Å². The number of rotatable bonds is 15. The molecule has 5 heteroatoms. The van der Waals surface area contributed by atoms with Gasteiger partial charge in [-0.05, 0) is 25.2 Å². The number of carboxylic acids is 2. The number of aliphatic hydroxyl groups excluding tert-OH is 1. The van der Waals surface area contributed by atoms with Crippen molar-refractivity contribution in [3.63, 3.8) is 0 Å². The quantitative estimate of drug-likeness (QED) is 0.368. The standard InChI is InChI=1S/C13H28O.C6H10O4/c1-13(2)11-9-7-5-3-4-6-8-10-12-14;7-5(8)3-1-2-4-6(9)10/h13-14H,3-12H2,1-2H3;1-4H2,(H,7,8)(H,9,10). The van der Waals surface area contributed by atoms with Gasteiger partial charge in [0.05, 0.1) is 0 Å². The molecule has 0 rings (SSSR count). The van der Waals surface area contributed by atoms with Crippen molar-refractivity contribution in [2.24, 2.45) is 5.92 Å². The molecule has 0 fully saturated rings. The van der Waals surface area contributed by atoms with Crippen LogP contribution in [-0.4, -0.2) is 33.9 Å². The van der Waals surface area contributed by atoms with Crippen molar-refractivity contribution in [3.05, 3.63) is 0 Å². The topological polar surface area (TPSA) is 94.8 Å². The summed E-state index contributed by atoms with van der Waals surface area (Å²) in [6.45, 7) is 4.97. The number of hydrogen-bond acceptors (Lipinski definition) is 3. The molecule has 24 heavy (non-hydrogen) atoms. The molecule has 0 aromatic rings. The van der Waals surface area contributed by atoms with E-state index >= 15 is 0 Å². The molecule has 0 radical (unpaired) electrons. The fourth-order valence-corrected chi connectivity index (χ4v) is 2.28. The van der Waals surface area contributed by atoms with Crippen LogP contribution in [0.25, 0.3) is 0 Å². The minimum absolute atomic E-state index is 0.0628. The first kappa shape index (κ1) is 25.1. The molecule has 0 amide bonds. The lowest BCUT2D eigenvalue weighted by molar-refractivity contribution is -0.139. The maximum atomic E-state index is 9.90. The zero-order valence-corrected chi connectivity index (χ0v) is 15.6. The molecule has 0 aliphatic carbocycles. The average molecular weight is 347 g/mol. The number of carbonyl (C=O) groups is 2. The number of hydrogen-bond donors (Lipinski definition) is 3. The average Bonchev–Trinajstić information content (AvgIpc) is 2.50. The van der Waals surface area contributed by atoms with Gasteiger partial charge in [-0.2, -0.15) is 0 Å². The Hall–Kier alpha value is -1.10. The lowest BCUT2D eigenvalue weighted by Gasteiger charge is -2.04. The predicted molar refractivity (Wildman–Crippen MR) is 97.2 cm³/mol. The monoisotopic (exact) mass is 346 g/mol. The van der Waals surface area contributed by atoms with Crippen LogP contribution in [0.15, 0.2) is 0 Å². The van der Waals surface area contributed by atoms with Gasteiger partial charge < -0.3 is 15.3 Å². The minimum Gasteiger partial charge on any atom is -0.481 e. The van der Waals surface area contributed by atoms with Crippen molar-refractivity contribution in [2.75, 3.05) is 6.61 Å². The molecule has 0 spiro atoms. The SMILES string of the molecule is CC(C)CCCCCCCCCCO.O=C(O)CCCCC(=O)O. The fourth-order valence-electron chi connectivity index (χ4n) is 2.28. The van der Waals surface area contributed by atoms with Gasteiger partial charge in [0, 0.05) is 19.4 Å². The third-order valence-corrected chi connectivity index (χ3v) is 3.72. The lowest BCUT2D eigenvalue weighted by Crippen LogP contribution is -1.97.